The first-order valence-corrected chi connectivity index (χ1v) is 17.9. The summed E-state index contributed by atoms with van der Waals surface area (Å²) >= 11 is 0. The van der Waals surface area contributed by atoms with Gasteiger partial charge in [-0.1, -0.05) is 75.4 Å². The zero-order chi connectivity index (χ0) is 35.7. The lowest BCUT2D eigenvalue weighted by molar-refractivity contribution is -0.141. The molecule has 3 aromatic carbocycles. The number of nitrogens with zero attached hydrogens (tertiary/aromatic N) is 2. The summed E-state index contributed by atoms with van der Waals surface area (Å²) in [6, 6.07) is 16.9. The van der Waals surface area contributed by atoms with E-state index in [2.05, 4.69) is 58.4 Å². The normalized spacial score (nSPS) is 23.9. The first-order chi connectivity index (χ1) is 25.1. The Labute approximate surface area is 299 Å². The van der Waals surface area contributed by atoms with E-state index in [1.807, 2.05) is 32.0 Å². The second kappa shape index (κ2) is 10.7. The van der Waals surface area contributed by atoms with Crippen LogP contribution in [0.1, 0.15) is 85.4 Å². The molecule has 11 nitrogen and oxygen atoms in total. The Bertz CT molecular complexity index is 2400. The van der Waals surface area contributed by atoms with Crippen LogP contribution < -0.4 is 20.7 Å². The fourth-order valence-electron chi connectivity index (χ4n) is 8.58. The van der Waals surface area contributed by atoms with Gasteiger partial charge >= 0.3 is 0 Å². The molecular weight excluding hydrogens is 658 g/mol. The number of rotatable bonds is 4. The number of fused-ring (bicyclic) bond motifs is 7. The first kappa shape index (κ1) is 31.1. The van der Waals surface area contributed by atoms with Crippen molar-refractivity contribution in [1.82, 2.24) is 20.6 Å². The molecule has 0 saturated carbocycles. The molecule has 4 N–H and O–H groups in total. The van der Waals surface area contributed by atoms with Crippen LogP contribution in [0.2, 0.25) is 0 Å². The minimum absolute atomic E-state index is 0.165. The van der Waals surface area contributed by atoms with E-state index in [0.29, 0.717) is 28.9 Å². The smallest absolute Gasteiger partial charge is 0.252 e. The average Bonchev–Trinajstić information content (AvgIpc) is 3.95. The minimum atomic E-state index is -1.65. The molecule has 1 aliphatic carbocycles. The predicted molar refractivity (Wildman–Crippen MR) is 191 cm³/mol. The van der Waals surface area contributed by atoms with Gasteiger partial charge in [-0.15, -0.1) is 0 Å². The fraction of sp³-hybridized carbons (Fsp3) is 0.317. The molecule has 11 heteroatoms. The molecule has 5 aromatic rings. The van der Waals surface area contributed by atoms with Gasteiger partial charge in [0, 0.05) is 34.4 Å². The zero-order valence-electron chi connectivity index (χ0n) is 29.2. The van der Waals surface area contributed by atoms with Crippen molar-refractivity contribution < 1.29 is 28.3 Å². The molecule has 2 amide bonds. The number of hydrogen-bond donors (Lipinski definition) is 4. The molecule has 262 valence electrons. The molecule has 10 rings (SSSR count). The maximum Gasteiger partial charge on any atom is 0.252 e. The number of aromatic nitrogens is 2. The van der Waals surface area contributed by atoms with Crippen molar-refractivity contribution in [2.45, 2.75) is 76.3 Å². The van der Waals surface area contributed by atoms with Gasteiger partial charge in [0.2, 0.25) is 17.7 Å². The van der Waals surface area contributed by atoms with Crippen molar-refractivity contribution in [1.29, 1.82) is 0 Å². The molecule has 0 fully saturated rings. The molecule has 52 heavy (non-hydrogen) atoms. The van der Waals surface area contributed by atoms with Crippen molar-refractivity contribution in [2.24, 2.45) is 5.92 Å². The van der Waals surface area contributed by atoms with Crippen LogP contribution in [0.4, 0.5) is 5.69 Å². The van der Waals surface area contributed by atoms with Gasteiger partial charge in [0.15, 0.2) is 23.4 Å². The lowest BCUT2D eigenvalue weighted by Crippen LogP contribution is -2.54. The van der Waals surface area contributed by atoms with Crippen molar-refractivity contribution in [3.63, 3.8) is 0 Å². The van der Waals surface area contributed by atoms with Crippen molar-refractivity contribution in [3.05, 3.63) is 112 Å². The number of benzene rings is 3. The van der Waals surface area contributed by atoms with Crippen LogP contribution >= 0.6 is 0 Å². The third kappa shape index (κ3) is 4.11. The molecule has 3 unspecified atom stereocenters. The Morgan fingerprint density at radius 1 is 1.10 bits per heavy atom. The van der Waals surface area contributed by atoms with Crippen LogP contribution in [0.25, 0.3) is 28.3 Å². The molecule has 10 bridgehead atoms. The summed E-state index contributed by atoms with van der Waals surface area (Å²) in [6.07, 6.45) is 4.44. The third-order valence-electron chi connectivity index (χ3n) is 11.6. The van der Waals surface area contributed by atoms with Crippen LogP contribution in [-0.4, -0.2) is 44.8 Å². The highest BCUT2D eigenvalue weighted by atomic mass is 16.5. The van der Waals surface area contributed by atoms with Gasteiger partial charge in [0.1, 0.15) is 28.8 Å². The number of allylic oxidation sites excluding steroid dienone is 1. The maximum absolute atomic E-state index is 14.2. The number of ether oxygens (including phenoxy) is 1. The van der Waals surface area contributed by atoms with Crippen molar-refractivity contribution in [2.75, 3.05) is 5.32 Å². The quantitative estimate of drug-likeness (QED) is 0.183. The van der Waals surface area contributed by atoms with Gasteiger partial charge in [-0.3, -0.25) is 9.59 Å². The van der Waals surface area contributed by atoms with Gasteiger partial charge < -0.3 is 34.6 Å². The SMILES string of the molecule is CCC(C)(O)C(=O)NC1Cc2ccc3c(c2)C24c5cccc(c5N[C@H]2O3)-c2cccc3c2C(=CC3)c2cnc(o2)-c2nc(oc24)[C@H](C(C)C)NC1=O. The molecule has 4 aliphatic heterocycles. The maximum atomic E-state index is 14.2. The Morgan fingerprint density at radius 2 is 1.92 bits per heavy atom. The molecule has 0 saturated heterocycles. The van der Waals surface area contributed by atoms with Crippen LogP contribution in [0, 0.1) is 5.92 Å². The average molecular weight is 696 g/mol. The fourth-order valence-corrected chi connectivity index (χ4v) is 8.58. The van der Waals surface area contributed by atoms with E-state index in [-0.39, 0.29) is 24.7 Å². The highest BCUT2D eigenvalue weighted by Gasteiger charge is 2.61. The van der Waals surface area contributed by atoms with Crippen LogP contribution in [0.3, 0.4) is 0 Å². The summed E-state index contributed by atoms with van der Waals surface area (Å²) in [5.41, 5.74) is 6.63. The molecular formula is C41H37N5O6. The topological polar surface area (TPSA) is 152 Å². The van der Waals surface area contributed by atoms with E-state index >= 15 is 0 Å². The number of oxazole rings is 2. The molecule has 0 radical (unpaired) electrons. The Kier molecular flexibility index (Phi) is 6.38. The monoisotopic (exact) mass is 695 g/mol. The minimum Gasteiger partial charge on any atom is -0.469 e. The van der Waals surface area contributed by atoms with E-state index in [1.54, 1.807) is 13.1 Å². The lowest BCUT2D eigenvalue weighted by atomic mass is 9.72. The second-order valence-electron chi connectivity index (χ2n) is 15.0. The number of anilines is 1. The largest absolute Gasteiger partial charge is 0.469 e. The summed E-state index contributed by atoms with van der Waals surface area (Å²) in [7, 11) is 0. The van der Waals surface area contributed by atoms with Crippen LogP contribution in [0.15, 0.2) is 75.7 Å². The number of carbonyl (C=O) groups is 2. The highest BCUT2D eigenvalue weighted by Crippen LogP contribution is 2.61. The highest BCUT2D eigenvalue weighted by molar-refractivity contribution is 5.97. The second-order valence-corrected chi connectivity index (χ2v) is 15.0. The van der Waals surface area contributed by atoms with Gasteiger partial charge in [-0.2, -0.15) is 0 Å². The summed E-state index contributed by atoms with van der Waals surface area (Å²) in [5, 5.41) is 20.6. The number of hydrogen-bond acceptors (Lipinski definition) is 9. The van der Waals surface area contributed by atoms with E-state index in [4.69, 9.17) is 23.5 Å². The van der Waals surface area contributed by atoms with Crippen molar-refractivity contribution >= 4 is 23.1 Å². The lowest BCUT2D eigenvalue weighted by Gasteiger charge is -2.29. The number of para-hydroxylation sites is 1. The number of nitrogens with one attached hydrogen (secondary N) is 3. The van der Waals surface area contributed by atoms with E-state index in [0.717, 1.165) is 51.1 Å². The Morgan fingerprint density at radius 3 is 2.75 bits per heavy atom. The standard InChI is InChI=1S/C41H37N5O6/c1-5-40(4,49)38(48)43-27-17-20-12-15-28-26(16-20)41-25-11-7-10-23(32(25)46-39(41)51-28)22-9-6-8-21-13-14-24(30(21)22)29-18-42-36(50-29)33-34(41)52-37(45-33)31(19(2)3)44-35(27)47/h6-12,14-16,18-19,27,31,39,46,49H,5,13,17H2,1-4H3,(H,43,48)(H,44,47)/t27?,31-,39-,40?,41?/m0/s1. The number of carbonyl (C=O) groups excluding carboxylic acids is 2. The molecule has 1 spiro atoms. The molecule has 6 heterocycles. The number of aliphatic hydroxyl groups is 1. The summed E-state index contributed by atoms with van der Waals surface area (Å²) in [5.74, 6) is 1.15. The zero-order valence-corrected chi connectivity index (χ0v) is 29.2. The number of amides is 2. The van der Waals surface area contributed by atoms with Gasteiger partial charge in [0.05, 0.1) is 6.20 Å². The summed E-state index contributed by atoms with van der Waals surface area (Å²) in [4.78, 5) is 37.4. The Hall–Kier alpha value is -5.68. The summed E-state index contributed by atoms with van der Waals surface area (Å²) in [6.45, 7) is 7.12. The third-order valence-corrected chi connectivity index (χ3v) is 11.6. The van der Waals surface area contributed by atoms with Crippen LogP contribution in [0.5, 0.6) is 5.75 Å². The Balaban J connectivity index is 1.27. The van der Waals surface area contributed by atoms with Gasteiger partial charge in [-0.25, -0.2) is 9.97 Å². The molecule has 5 atom stereocenters. The van der Waals surface area contributed by atoms with E-state index in [1.165, 1.54) is 12.5 Å². The van der Waals surface area contributed by atoms with Gasteiger partial charge in [0.25, 0.3) is 5.91 Å². The molecule has 5 aliphatic rings. The van der Waals surface area contributed by atoms with E-state index < -0.39 is 41.1 Å². The summed E-state index contributed by atoms with van der Waals surface area (Å²) < 4.78 is 20.5. The first-order valence-electron chi connectivity index (χ1n) is 17.9. The van der Waals surface area contributed by atoms with Crippen LogP contribution in [-0.2, 0) is 27.8 Å². The van der Waals surface area contributed by atoms with E-state index in [9.17, 15) is 14.7 Å². The van der Waals surface area contributed by atoms with Crippen molar-refractivity contribution in [3.8, 4) is 28.5 Å². The molecule has 2 aromatic heterocycles. The predicted octanol–water partition coefficient (Wildman–Crippen LogP) is 5.79. The van der Waals surface area contributed by atoms with Gasteiger partial charge in [-0.05, 0) is 54.0 Å².